The lowest BCUT2D eigenvalue weighted by Gasteiger charge is -2.18. The Morgan fingerprint density at radius 2 is 1.73 bits per heavy atom. The van der Waals surface area contributed by atoms with Gasteiger partial charge in [-0.2, -0.15) is 0 Å². The van der Waals surface area contributed by atoms with Crippen LogP contribution in [0.3, 0.4) is 0 Å². The Morgan fingerprint density at radius 3 is 2.20 bits per heavy atom. The van der Waals surface area contributed by atoms with Crippen LogP contribution in [-0.4, -0.2) is 4.57 Å². The lowest BCUT2D eigenvalue weighted by molar-refractivity contribution is 0.385. The minimum absolute atomic E-state index is 0.856. The van der Waals surface area contributed by atoms with E-state index in [2.05, 4.69) is 44.4 Å². The Morgan fingerprint density at radius 1 is 1.13 bits per heavy atom. The van der Waals surface area contributed by atoms with Gasteiger partial charge in [0.05, 0.1) is 0 Å². The molecule has 0 radical (unpaired) electrons. The number of hydrogen-bond acceptors (Lipinski definition) is 0. The first kappa shape index (κ1) is 12.4. The van der Waals surface area contributed by atoms with Crippen LogP contribution in [-0.2, 0) is 6.54 Å². The monoisotopic (exact) mass is 207 g/mol. The van der Waals surface area contributed by atoms with E-state index in [1.54, 1.807) is 0 Å². The van der Waals surface area contributed by atoms with E-state index in [4.69, 9.17) is 0 Å². The molecule has 0 aromatic carbocycles. The maximum atomic E-state index is 2.46. The molecule has 0 bridgehead atoms. The molecule has 1 nitrogen and oxygen atoms in total. The zero-order valence-electron chi connectivity index (χ0n) is 10.7. The Balaban J connectivity index is 2.58. The summed E-state index contributed by atoms with van der Waals surface area (Å²) in [4.78, 5) is 0. The average molecular weight is 207 g/mol. The molecule has 0 aliphatic rings. The van der Waals surface area contributed by atoms with Gasteiger partial charge in [0.1, 0.15) is 0 Å². The van der Waals surface area contributed by atoms with Gasteiger partial charge in [-0.1, -0.05) is 33.1 Å². The van der Waals surface area contributed by atoms with Crippen LogP contribution in [0.5, 0.6) is 0 Å². The number of hydrogen-bond donors (Lipinski definition) is 0. The molecule has 1 heterocycles. The average Bonchev–Trinajstić information content (AvgIpc) is 2.55. The van der Waals surface area contributed by atoms with Gasteiger partial charge in [-0.05, 0) is 38.3 Å². The molecular weight excluding hydrogens is 182 g/mol. The molecule has 0 fully saturated rings. The molecule has 0 spiro atoms. The summed E-state index contributed by atoms with van der Waals surface area (Å²) >= 11 is 0. The Bertz CT molecular complexity index is 266. The Hall–Kier alpha value is -0.720. The van der Waals surface area contributed by atoms with Crippen LogP contribution in [0.2, 0.25) is 0 Å². The first-order valence-electron chi connectivity index (χ1n) is 6.31. The molecule has 0 saturated carbocycles. The second-order valence-electron chi connectivity index (χ2n) is 4.64. The quantitative estimate of drug-likeness (QED) is 0.654. The van der Waals surface area contributed by atoms with E-state index in [9.17, 15) is 0 Å². The van der Waals surface area contributed by atoms with E-state index in [0.717, 1.165) is 5.92 Å². The number of unbranched alkanes of at least 4 members (excludes halogenated alkanes) is 1. The Kier molecular flexibility index (Phi) is 4.93. The zero-order chi connectivity index (χ0) is 11.3. The minimum atomic E-state index is 0.856. The second-order valence-corrected chi connectivity index (χ2v) is 4.64. The molecular formula is C14H25N. The lowest BCUT2D eigenvalue weighted by Crippen LogP contribution is -2.12. The molecule has 0 aliphatic heterocycles. The van der Waals surface area contributed by atoms with Gasteiger partial charge in [0, 0.05) is 17.9 Å². The molecule has 0 saturated heterocycles. The number of aryl methyl sites for hydroxylation is 2. The van der Waals surface area contributed by atoms with Crippen molar-refractivity contribution in [2.24, 2.45) is 5.92 Å². The molecule has 1 heteroatoms. The molecule has 15 heavy (non-hydrogen) atoms. The summed E-state index contributed by atoms with van der Waals surface area (Å²) in [6, 6.07) is 4.45. The number of rotatable bonds is 6. The fourth-order valence-corrected chi connectivity index (χ4v) is 2.16. The maximum Gasteiger partial charge on any atom is 0.0252 e. The highest BCUT2D eigenvalue weighted by Crippen LogP contribution is 2.18. The summed E-state index contributed by atoms with van der Waals surface area (Å²) in [6.07, 6.45) is 5.37. The van der Waals surface area contributed by atoms with Crippen molar-refractivity contribution in [3.8, 4) is 0 Å². The summed E-state index contributed by atoms with van der Waals surface area (Å²) in [5.74, 6) is 0.856. The highest BCUT2D eigenvalue weighted by atomic mass is 15.0. The molecule has 1 rings (SSSR count). The molecule has 0 N–H and O–H groups in total. The van der Waals surface area contributed by atoms with E-state index in [1.807, 2.05) is 0 Å². The van der Waals surface area contributed by atoms with Crippen LogP contribution >= 0.6 is 0 Å². The van der Waals surface area contributed by atoms with Crippen molar-refractivity contribution in [2.75, 3.05) is 0 Å². The van der Waals surface area contributed by atoms with Crippen LogP contribution < -0.4 is 0 Å². The van der Waals surface area contributed by atoms with E-state index in [-0.39, 0.29) is 0 Å². The molecule has 1 atom stereocenters. The van der Waals surface area contributed by atoms with Crippen LogP contribution in [0, 0.1) is 19.8 Å². The van der Waals surface area contributed by atoms with Crippen molar-refractivity contribution in [3.63, 3.8) is 0 Å². The van der Waals surface area contributed by atoms with Gasteiger partial charge in [-0.3, -0.25) is 0 Å². The molecule has 1 aromatic heterocycles. The van der Waals surface area contributed by atoms with Crippen molar-refractivity contribution < 1.29 is 0 Å². The van der Waals surface area contributed by atoms with Crippen molar-refractivity contribution >= 4 is 0 Å². The third kappa shape index (κ3) is 3.40. The van der Waals surface area contributed by atoms with Gasteiger partial charge in [-0.15, -0.1) is 0 Å². The smallest absolute Gasteiger partial charge is 0.0252 e. The van der Waals surface area contributed by atoms with Crippen LogP contribution in [0.25, 0.3) is 0 Å². The van der Waals surface area contributed by atoms with Crippen LogP contribution in [0.15, 0.2) is 12.1 Å². The van der Waals surface area contributed by atoms with Crippen molar-refractivity contribution in [3.05, 3.63) is 23.5 Å². The van der Waals surface area contributed by atoms with E-state index in [1.165, 1.54) is 43.6 Å². The molecule has 1 unspecified atom stereocenters. The van der Waals surface area contributed by atoms with Gasteiger partial charge in [0.2, 0.25) is 0 Å². The van der Waals surface area contributed by atoms with Crippen molar-refractivity contribution in [2.45, 2.75) is 59.9 Å². The molecule has 0 amide bonds. The first-order chi connectivity index (χ1) is 7.19. The van der Waals surface area contributed by atoms with Gasteiger partial charge in [0.25, 0.3) is 0 Å². The highest BCUT2D eigenvalue weighted by Gasteiger charge is 2.09. The summed E-state index contributed by atoms with van der Waals surface area (Å²) in [5.41, 5.74) is 2.81. The van der Waals surface area contributed by atoms with Gasteiger partial charge < -0.3 is 4.57 Å². The minimum Gasteiger partial charge on any atom is -0.349 e. The van der Waals surface area contributed by atoms with Gasteiger partial charge in [0.15, 0.2) is 0 Å². The van der Waals surface area contributed by atoms with Gasteiger partial charge in [-0.25, -0.2) is 0 Å². The molecule has 1 aromatic rings. The SMILES string of the molecule is CCCCC(CC)Cn1c(C)ccc1C. The lowest BCUT2D eigenvalue weighted by atomic mass is 9.99. The standard InChI is InChI=1S/C14H25N/c1-5-7-8-14(6-2)11-15-12(3)9-10-13(15)4/h9-10,14H,5-8,11H2,1-4H3. The third-order valence-electron chi connectivity index (χ3n) is 3.40. The van der Waals surface area contributed by atoms with Crippen molar-refractivity contribution in [1.29, 1.82) is 0 Å². The maximum absolute atomic E-state index is 2.46. The normalized spacial score (nSPS) is 13.1. The first-order valence-corrected chi connectivity index (χ1v) is 6.31. The van der Waals surface area contributed by atoms with Crippen molar-refractivity contribution in [1.82, 2.24) is 4.57 Å². The molecule has 86 valence electrons. The predicted octanol–water partition coefficient (Wildman–Crippen LogP) is 4.32. The summed E-state index contributed by atoms with van der Waals surface area (Å²) in [5, 5.41) is 0. The van der Waals surface area contributed by atoms with E-state index in [0.29, 0.717) is 0 Å². The summed E-state index contributed by atoms with van der Waals surface area (Å²) < 4.78 is 2.46. The van der Waals surface area contributed by atoms with Gasteiger partial charge >= 0.3 is 0 Å². The topological polar surface area (TPSA) is 4.93 Å². The fourth-order valence-electron chi connectivity index (χ4n) is 2.16. The largest absolute Gasteiger partial charge is 0.349 e. The second kappa shape index (κ2) is 5.99. The zero-order valence-corrected chi connectivity index (χ0v) is 10.7. The summed E-state index contributed by atoms with van der Waals surface area (Å²) in [7, 11) is 0. The number of aromatic nitrogens is 1. The van der Waals surface area contributed by atoms with Crippen LogP contribution in [0.1, 0.15) is 50.9 Å². The van der Waals surface area contributed by atoms with E-state index >= 15 is 0 Å². The van der Waals surface area contributed by atoms with Crippen LogP contribution in [0.4, 0.5) is 0 Å². The van der Waals surface area contributed by atoms with E-state index < -0.39 is 0 Å². The Labute approximate surface area is 94.5 Å². The highest BCUT2D eigenvalue weighted by molar-refractivity contribution is 5.13. The predicted molar refractivity (Wildman–Crippen MR) is 67.2 cm³/mol. The summed E-state index contributed by atoms with van der Waals surface area (Å²) in [6.45, 7) is 10.2. The molecule has 0 aliphatic carbocycles. The number of nitrogens with zero attached hydrogens (tertiary/aromatic N) is 1. The fraction of sp³-hybridized carbons (Fsp3) is 0.714. The third-order valence-corrected chi connectivity index (χ3v) is 3.40.